The summed E-state index contributed by atoms with van der Waals surface area (Å²) in [5.74, 6) is -0.526. The Hall–Kier alpha value is -1.32. The molecule has 0 bridgehead atoms. The molecule has 1 aliphatic rings. The Labute approximate surface area is 70.1 Å². The molecule has 4 nitrogen and oxygen atoms in total. The topological polar surface area (TPSA) is 52.6 Å². The lowest BCUT2D eigenvalue weighted by molar-refractivity contribution is -0.139. The number of ether oxygens (including phenoxy) is 2. The summed E-state index contributed by atoms with van der Waals surface area (Å²) >= 11 is 0. The molecule has 0 amide bonds. The Morgan fingerprint density at radius 1 is 1.67 bits per heavy atom. The van der Waals surface area contributed by atoms with Crippen LogP contribution in [-0.2, 0) is 19.1 Å². The van der Waals surface area contributed by atoms with E-state index < -0.39 is 5.97 Å². The Kier molecular flexibility index (Phi) is 2.47. The minimum absolute atomic E-state index is 0.0417. The second-order valence-electron chi connectivity index (χ2n) is 2.36. The normalized spacial score (nSPS) is 16.3. The molecular weight excluding hydrogens is 160 g/mol. The number of hydrogen-bond acceptors (Lipinski definition) is 4. The van der Waals surface area contributed by atoms with Gasteiger partial charge in [0, 0.05) is 0 Å². The zero-order valence-electron chi connectivity index (χ0n) is 7.05. The molecule has 0 saturated heterocycles. The van der Waals surface area contributed by atoms with E-state index in [1.165, 1.54) is 0 Å². The monoisotopic (exact) mass is 170 g/mol. The van der Waals surface area contributed by atoms with Crippen LogP contribution < -0.4 is 0 Å². The number of hydrogen-bond donors (Lipinski definition) is 0. The van der Waals surface area contributed by atoms with Crippen molar-refractivity contribution in [2.75, 3.05) is 13.2 Å². The van der Waals surface area contributed by atoms with E-state index in [-0.39, 0.29) is 24.6 Å². The van der Waals surface area contributed by atoms with Crippen LogP contribution in [0.4, 0.5) is 0 Å². The smallest absolute Gasteiger partial charge is 0.345 e. The Balaban J connectivity index is 2.79. The number of ketones is 1. The summed E-state index contributed by atoms with van der Waals surface area (Å²) in [6.07, 6.45) is 0. The van der Waals surface area contributed by atoms with Crippen molar-refractivity contribution in [3.8, 4) is 0 Å². The molecule has 0 radical (unpaired) electrons. The van der Waals surface area contributed by atoms with Gasteiger partial charge in [-0.25, -0.2) is 4.79 Å². The van der Waals surface area contributed by atoms with E-state index in [4.69, 9.17) is 4.74 Å². The van der Waals surface area contributed by atoms with Crippen molar-refractivity contribution in [2.45, 2.75) is 13.8 Å². The number of carbonyl (C=O) groups is 2. The van der Waals surface area contributed by atoms with Gasteiger partial charge in [-0.15, -0.1) is 0 Å². The maximum atomic E-state index is 11.1. The molecule has 0 aromatic heterocycles. The van der Waals surface area contributed by atoms with E-state index in [1.807, 2.05) is 0 Å². The Bertz CT molecular complexity index is 252. The number of allylic oxidation sites excluding steroid dienone is 1. The summed E-state index contributed by atoms with van der Waals surface area (Å²) in [7, 11) is 0. The third-order valence-corrected chi connectivity index (χ3v) is 1.53. The average Bonchev–Trinajstić information content (AvgIpc) is 2.32. The molecule has 12 heavy (non-hydrogen) atoms. The van der Waals surface area contributed by atoms with Crippen LogP contribution in [0.2, 0.25) is 0 Å². The van der Waals surface area contributed by atoms with Crippen LogP contribution in [0.15, 0.2) is 11.3 Å². The van der Waals surface area contributed by atoms with Crippen LogP contribution in [-0.4, -0.2) is 25.0 Å². The van der Waals surface area contributed by atoms with Gasteiger partial charge in [-0.05, 0) is 13.8 Å². The van der Waals surface area contributed by atoms with E-state index in [0.29, 0.717) is 5.76 Å². The van der Waals surface area contributed by atoms with Crippen LogP contribution >= 0.6 is 0 Å². The van der Waals surface area contributed by atoms with Gasteiger partial charge in [0.1, 0.15) is 11.3 Å². The molecule has 0 spiro atoms. The molecule has 0 aromatic rings. The van der Waals surface area contributed by atoms with E-state index >= 15 is 0 Å². The second-order valence-corrected chi connectivity index (χ2v) is 2.36. The minimum atomic E-state index is -0.586. The van der Waals surface area contributed by atoms with Gasteiger partial charge in [-0.3, -0.25) is 4.79 Å². The van der Waals surface area contributed by atoms with Gasteiger partial charge in [0.05, 0.1) is 6.61 Å². The molecule has 1 aliphatic heterocycles. The van der Waals surface area contributed by atoms with Crippen molar-refractivity contribution in [1.82, 2.24) is 0 Å². The summed E-state index contributed by atoms with van der Waals surface area (Å²) in [6.45, 7) is 3.49. The van der Waals surface area contributed by atoms with Gasteiger partial charge in [-0.1, -0.05) is 0 Å². The van der Waals surface area contributed by atoms with Crippen molar-refractivity contribution < 1.29 is 19.1 Å². The third kappa shape index (κ3) is 1.47. The predicted octanol–water partition coefficient (Wildman–Crippen LogP) is 0.423. The number of carbonyl (C=O) groups excluding carboxylic acids is 2. The van der Waals surface area contributed by atoms with Crippen LogP contribution in [0.5, 0.6) is 0 Å². The molecule has 0 aromatic carbocycles. The highest BCUT2D eigenvalue weighted by Gasteiger charge is 2.29. The quantitative estimate of drug-likeness (QED) is 0.445. The van der Waals surface area contributed by atoms with Crippen molar-refractivity contribution in [1.29, 1.82) is 0 Å². The molecule has 1 rings (SSSR count). The highest BCUT2D eigenvalue weighted by atomic mass is 16.5. The van der Waals surface area contributed by atoms with Gasteiger partial charge in [-0.2, -0.15) is 0 Å². The fourth-order valence-electron chi connectivity index (χ4n) is 0.975. The summed E-state index contributed by atoms with van der Waals surface area (Å²) in [6, 6.07) is 0. The maximum absolute atomic E-state index is 11.1. The first-order valence-electron chi connectivity index (χ1n) is 3.70. The highest BCUT2D eigenvalue weighted by molar-refractivity contribution is 6.19. The average molecular weight is 170 g/mol. The molecule has 0 N–H and O–H groups in total. The molecule has 4 heteroatoms. The first kappa shape index (κ1) is 8.77. The summed E-state index contributed by atoms with van der Waals surface area (Å²) in [4.78, 5) is 22.1. The fraction of sp³-hybridized carbons (Fsp3) is 0.500. The second kappa shape index (κ2) is 3.38. The van der Waals surface area contributed by atoms with Gasteiger partial charge in [0.25, 0.3) is 0 Å². The summed E-state index contributed by atoms with van der Waals surface area (Å²) in [5, 5.41) is 0. The predicted molar refractivity (Wildman–Crippen MR) is 40.3 cm³/mol. The number of esters is 1. The Morgan fingerprint density at radius 2 is 2.33 bits per heavy atom. The van der Waals surface area contributed by atoms with E-state index in [2.05, 4.69) is 4.74 Å². The van der Waals surface area contributed by atoms with Crippen molar-refractivity contribution in [2.24, 2.45) is 0 Å². The lowest BCUT2D eigenvalue weighted by atomic mass is 10.2. The number of rotatable bonds is 2. The Morgan fingerprint density at radius 3 is 2.75 bits per heavy atom. The van der Waals surface area contributed by atoms with E-state index in [0.717, 1.165) is 0 Å². The highest BCUT2D eigenvalue weighted by Crippen LogP contribution is 2.16. The van der Waals surface area contributed by atoms with Crippen LogP contribution in [0, 0.1) is 0 Å². The molecule has 0 unspecified atom stereocenters. The van der Waals surface area contributed by atoms with Gasteiger partial charge < -0.3 is 9.47 Å². The molecule has 0 saturated carbocycles. The zero-order valence-corrected chi connectivity index (χ0v) is 7.05. The van der Waals surface area contributed by atoms with E-state index in [9.17, 15) is 9.59 Å². The lowest BCUT2D eigenvalue weighted by Gasteiger charge is -1.99. The molecule has 0 atom stereocenters. The minimum Gasteiger partial charge on any atom is -0.489 e. The van der Waals surface area contributed by atoms with Gasteiger partial charge in [0.2, 0.25) is 5.78 Å². The van der Waals surface area contributed by atoms with Gasteiger partial charge >= 0.3 is 5.97 Å². The molecular formula is C8H10O4. The fourth-order valence-corrected chi connectivity index (χ4v) is 0.975. The van der Waals surface area contributed by atoms with Crippen LogP contribution in [0.1, 0.15) is 13.8 Å². The molecule has 1 heterocycles. The third-order valence-electron chi connectivity index (χ3n) is 1.53. The maximum Gasteiger partial charge on any atom is 0.345 e. The van der Waals surface area contributed by atoms with Crippen molar-refractivity contribution >= 4 is 11.8 Å². The van der Waals surface area contributed by atoms with Crippen LogP contribution in [0.25, 0.3) is 0 Å². The standard InChI is InChI=1S/C8H10O4/c1-3-11-8(10)7-5(2)12-4-6(7)9/h3-4H2,1-2H3. The van der Waals surface area contributed by atoms with E-state index in [1.54, 1.807) is 13.8 Å². The molecule has 0 fully saturated rings. The zero-order chi connectivity index (χ0) is 9.14. The largest absolute Gasteiger partial charge is 0.489 e. The van der Waals surface area contributed by atoms with Gasteiger partial charge in [0.15, 0.2) is 6.61 Å². The summed E-state index contributed by atoms with van der Waals surface area (Å²) < 4.78 is 9.54. The van der Waals surface area contributed by atoms with Crippen molar-refractivity contribution in [3.63, 3.8) is 0 Å². The van der Waals surface area contributed by atoms with Crippen molar-refractivity contribution in [3.05, 3.63) is 11.3 Å². The van der Waals surface area contributed by atoms with Crippen LogP contribution in [0.3, 0.4) is 0 Å². The molecule has 66 valence electrons. The summed E-state index contributed by atoms with van der Waals surface area (Å²) in [5.41, 5.74) is 0.0526. The SMILES string of the molecule is CCOC(=O)C1=C(C)OCC1=O. The lowest BCUT2D eigenvalue weighted by Crippen LogP contribution is -2.14. The number of Topliss-reactive ketones (excluding diaryl/α,β-unsaturated/α-hetero) is 1. The molecule has 0 aliphatic carbocycles. The first-order chi connectivity index (χ1) is 5.66. The first-order valence-corrected chi connectivity index (χ1v) is 3.70.